The summed E-state index contributed by atoms with van der Waals surface area (Å²) in [6.45, 7) is 5.84. The van der Waals surface area contributed by atoms with Gasteiger partial charge in [-0.25, -0.2) is 4.98 Å². The van der Waals surface area contributed by atoms with E-state index >= 15 is 0 Å². The van der Waals surface area contributed by atoms with Gasteiger partial charge in [-0.05, 0) is 49.9 Å². The summed E-state index contributed by atoms with van der Waals surface area (Å²) >= 11 is 0. The lowest BCUT2D eigenvalue weighted by Gasteiger charge is -2.22. The lowest BCUT2D eigenvalue weighted by Crippen LogP contribution is -2.36. The number of nitrogens with zero attached hydrogens (tertiary/aromatic N) is 3. The molecule has 1 aliphatic heterocycles. The lowest BCUT2D eigenvalue weighted by molar-refractivity contribution is -0.131. The second-order valence-electron chi connectivity index (χ2n) is 8.73. The van der Waals surface area contributed by atoms with Gasteiger partial charge in [-0.15, -0.1) is 0 Å². The topological polar surface area (TPSA) is 67.2 Å². The van der Waals surface area contributed by atoms with Crippen molar-refractivity contribution in [3.63, 3.8) is 0 Å². The van der Waals surface area contributed by atoms with E-state index in [2.05, 4.69) is 5.32 Å². The Balaban J connectivity index is 1.54. The molecule has 3 aromatic rings. The summed E-state index contributed by atoms with van der Waals surface area (Å²) in [6.07, 6.45) is 4.83. The number of amides is 2. The van der Waals surface area contributed by atoms with Crippen molar-refractivity contribution in [1.82, 2.24) is 19.8 Å². The highest BCUT2D eigenvalue weighted by Gasteiger charge is 2.23. The van der Waals surface area contributed by atoms with Crippen LogP contribution in [0.4, 0.5) is 0 Å². The maximum absolute atomic E-state index is 13.1. The molecule has 0 aliphatic carbocycles. The number of carbonyl (C=O) groups excluding carboxylic acids is 2. The van der Waals surface area contributed by atoms with Gasteiger partial charge in [0, 0.05) is 13.1 Å². The van der Waals surface area contributed by atoms with Gasteiger partial charge in [0.05, 0.1) is 23.5 Å². The molecule has 2 heterocycles. The summed E-state index contributed by atoms with van der Waals surface area (Å²) in [5.41, 5.74) is 3.88. The maximum atomic E-state index is 13.1. The molecule has 0 spiro atoms. The number of likely N-dealkylation sites (tertiary alicyclic amines) is 1. The fourth-order valence-corrected chi connectivity index (χ4v) is 4.48. The number of aryl methyl sites for hydroxylation is 1. The second kappa shape index (κ2) is 9.98. The van der Waals surface area contributed by atoms with Crippen molar-refractivity contribution in [3.8, 4) is 0 Å². The number of rotatable bonds is 6. The molecule has 1 N–H and O–H groups in total. The summed E-state index contributed by atoms with van der Waals surface area (Å²) in [5.74, 6) is 0.784. The summed E-state index contributed by atoms with van der Waals surface area (Å²) in [6, 6.07) is 15.5. The third-order valence-electron chi connectivity index (χ3n) is 6.31. The van der Waals surface area contributed by atoms with Crippen LogP contribution in [0.15, 0.2) is 48.5 Å². The second-order valence-corrected chi connectivity index (χ2v) is 8.73. The molecule has 32 heavy (non-hydrogen) atoms. The third-order valence-corrected chi connectivity index (χ3v) is 6.31. The van der Waals surface area contributed by atoms with Gasteiger partial charge in [0.25, 0.3) is 0 Å². The van der Waals surface area contributed by atoms with Gasteiger partial charge >= 0.3 is 0 Å². The minimum atomic E-state index is -0.309. The van der Waals surface area contributed by atoms with Crippen LogP contribution in [0, 0.1) is 6.92 Å². The quantitative estimate of drug-likeness (QED) is 0.636. The van der Waals surface area contributed by atoms with E-state index in [0.29, 0.717) is 12.2 Å². The molecule has 1 unspecified atom stereocenters. The number of nitrogens with one attached hydrogen (secondary N) is 1. The molecule has 6 heteroatoms. The Bertz CT molecular complexity index is 1100. The molecule has 6 nitrogen and oxygen atoms in total. The fraction of sp³-hybridized carbons (Fsp3) is 0.423. The van der Waals surface area contributed by atoms with Crippen molar-refractivity contribution in [2.24, 2.45) is 0 Å². The van der Waals surface area contributed by atoms with Crippen LogP contribution < -0.4 is 5.32 Å². The Hall–Kier alpha value is -3.15. The average molecular weight is 433 g/mol. The van der Waals surface area contributed by atoms with E-state index < -0.39 is 0 Å². The van der Waals surface area contributed by atoms with E-state index in [4.69, 9.17) is 4.98 Å². The first-order chi connectivity index (χ1) is 15.5. The smallest absolute Gasteiger partial charge is 0.242 e. The monoisotopic (exact) mass is 432 g/mol. The molecule has 1 atom stereocenters. The minimum absolute atomic E-state index is 0.0516. The number of imidazole rings is 1. The Labute approximate surface area is 189 Å². The van der Waals surface area contributed by atoms with Crippen LogP contribution in [-0.2, 0) is 22.6 Å². The highest BCUT2D eigenvalue weighted by molar-refractivity contribution is 5.82. The van der Waals surface area contributed by atoms with Crippen LogP contribution in [0.5, 0.6) is 0 Å². The molecule has 1 saturated heterocycles. The highest BCUT2D eigenvalue weighted by atomic mass is 16.2. The Kier molecular flexibility index (Phi) is 6.88. The highest BCUT2D eigenvalue weighted by Crippen LogP contribution is 2.22. The number of carbonyl (C=O) groups is 2. The molecule has 0 bridgehead atoms. The van der Waals surface area contributed by atoms with Gasteiger partial charge in [-0.3, -0.25) is 9.59 Å². The first-order valence-corrected chi connectivity index (χ1v) is 11.6. The molecule has 1 aromatic heterocycles. The zero-order chi connectivity index (χ0) is 22.5. The molecule has 168 valence electrons. The van der Waals surface area contributed by atoms with Crippen LogP contribution in [0.1, 0.15) is 55.6 Å². The molecular formula is C26H32N4O2. The van der Waals surface area contributed by atoms with Crippen molar-refractivity contribution in [2.45, 2.75) is 58.5 Å². The van der Waals surface area contributed by atoms with Crippen LogP contribution in [0.3, 0.4) is 0 Å². The van der Waals surface area contributed by atoms with Crippen LogP contribution in [-0.4, -0.2) is 39.4 Å². The van der Waals surface area contributed by atoms with E-state index in [1.165, 1.54) is 12.8 Å². The van der Waals surface area contributed by atoms with E-state index in [9.17, 15) is 9.59 Å². The van der Waals surface area contributed by atoms with Gasteiger partial charge < -0.3 is 14.8 Å². The number of hydrogen-bond donors (Lipinski definition) is 1. The third kappa shape index (κ3) is 5.01. The number of para-hydroxylation sites is 2. The van der Waals surface area contributed by atoms with Crippen molar-refractivity contribution in [2.75, 3.05) is 13.1 Å². The molecule has 1 fully saturated rings. The zero-order valence-electron chi connectivity index (χ0n) is 19.0. The van der Waals surface area contributed by atoms with E-state index in [1.54, 1.807) is 0 Å². The number of hydrogen-bond acceptors (Lipinski definition) is 3. The molecular weight excluding hydrogens is 400 g/mol. The van der Waals surface area contributed by atoms with Gasteiger partial charge in [-0.1, -0.05) is 49.2 Å². The van der Waals surface area contributed by atoms with Crippen molar-refractivity contribution in [3.05, 3.63) is 65.5 Å². The Morgan fingerprint density at radius 2 is 1.69 bits per heavy atom. The standard InChI is InChI=1S/C26H32N4O2/c1-19-11-5-6-12-21(19)17-24(31)27-20(2)26-28-22-13-7-8-14-23(22)30(26)18-25(32)29-15-9-3-4-10-16-29/h5-8,11-14,20H,3-4,9-10,15-18H2,1-2H3,(H,27,31). The molecule has 0 saturated carbocycles. The number of fused-ring (bicyclic) bond motifs is 1. The molecule has 4 rings (SSSR count). The summed E-state index contributed by atoms with van der Waals surface area (Å²) < 4.78 is 1.97. The summed E-state index contributed by atoms with van der Waals surface area (Å²) in [4.78, 5) is 32.7. The summed E-state index contributed by atoms with van der Waals surface area (Å²) in [5, 5.41) is 3.09. The van der Waals surface area contributed by atoms with Crippen molar-refractivity contribution in [1.29, 1.82) is 0 Å². The van der Waals surface area contributed by atoms with E-state index in [1.807, 2.05) is 71.8 Å². The van der Waals surface area contributed by atoms with Crippen LogP contribution >= 0.6 is 0 Å². The summed E-state index contributed by atoms with van der Waals surface area (Å²) in [7, 11) is 0. The largest absolute Gasteiger partial charge is 0.346 e. The molecule has 1 aliphatic rings. The zero-order valence-corrected chi connectivity index (χ0v) is 19.0. The van der Waals surface area contributed by atoms with Gasteiger partial charge in [0.15, 0.2) is 0 Å². The number of benzene rings is 2. The fourth-order valence-electron chi connectivity index (χ4n) is 4.48. The predicted molar refractivity (Wildman–Crippen MR) is 126 cm³/mol. The van der Waals surface area contributed by atoms with Gasteiger partial charge in [0.1, 0.15) is 12.4 Å². The molecule has 0 radical (unpaired) electrons. The Morgan fingerprint density at radius 1 is 1.00 bits per heavy atom. The Morgan fingerprint density at radius 3 is 2.44 bits per heavy atom. The van der Waals surface area contributed by atoms with Crippen molar-refractivity contribution < 1.29 is 9.59 Å². The van der Waals surface area contributed by atoms with Crippen LogP contribution in [0.25, 0.3) is 11.0 Å². The normalized spacial score (nSPS) is 15.4. The van der Waals surface area contributed by atoms with Gasteiger partial charge in [0.2, 0.25) is 11.8 Å². The number of aromatic nitrogens is 2. The molecule has 2 aromatic carbocycles. The molecule has 2 amide bonds. The minimum Gasteiger partial charge on any atom is -0.346 e. The van der Waals surface area contributed by atoms with Crippen LogP contribution in [0.2, 0.25) is 0 Å². The SMILES string of the molecule is Cc1ccccc1CC(=O)NC(C)c1nc2ccccc2n1CC(=O)N1CCCCCC1. The van der Waals surface area contributed by atoms with Gasteiger partial charge in [-0.2, -0.15) is 0 Å². The average Bonchev–Trinajstić information content (AvgIpc) is 2.95. The van der Waals surface area contributed by atoms with Crippen molar-refractivity contribution >= 4 is 22.8 Å². The first kappa shape index (κ1) is 22.1. The van der Waals surface area contributed by atoms with E-state index in [-0.39, 0.29) is 24.4 Å². The lowest BCUT2D eigenvalue weighted by atomic mass is 10.1. The van der Waals surface area contributed by atoms with E-state index in [0.717, 1.165) is 48.1 Å². The first-order valence-electron chi connectivity index (χ1n) is 11.6. The maximum Gasteiger partial charge on any atom is 0.242 e. The predicted octanol–water partition coefficient (Wildman–Crippen LogP) is 4.17.